The van der Waals surface area contributed by atoms with Crippen molar-refractivity contribution in [2.75, 3.05) is 26.2 Å². The van der Waals surface area contributed by atoms with Gasteiger partial charge in [0.15, 0.2) is 0 Å². The number of aromatic nitrogens is 3. The van der Waals surface area contributed by atoms with E-state index >= 15 is 0 Å². The Morgan fingerprint density at radius 1 is 1.37 bits per heavy atom. The number of amides is 1. The largest absolute Gasteiger partial charge is 0.340 e. The van der Waals surface area contributed by atoms with Crippen LogP contribution in [0.15, 0.2) is 37.1 Å². The summed E-state index contributed by atoms with van der Waals surface area (Å²) in [4.78, 5) is 26.9. The average Bonchev–Trinajstić information content (AvgIpc) is 3.30. The maximum Gasteiger partial charge on any atom is 0.231 e. The number of aryl methyl sites for hydroxylation is 1. The van der Waals surface area contributed by atoms with Gasteiger partial charge in [0.05, 0.1) is 17.4 Å². The van der Waals surface area contributed by atoms with E-state index in [0.717, 1.165) is 43.9 Å². The minimum absolute atomic E-state index is 0.170. The van der Waals surface area contributed by atoms with Crippen molar-refractivity contribution in [1.29, 1.82) is 0 Å². The average molecular weight is 367 g/mol. The summed E-state index contributed by atoms with van der Waals surface area (Å²) in [6.07, 6.45) is 8.47. The third kappa shape index (κ3) is 3.38. The second kappa shape index (κ2) is 7.08. The molecule has 0 N–H and O–H groups in total. The number of pyridine rings is 1. The van der Waals surface area contributed by atoms with Crippen molar-refractivity contribution >= 4 is 5.91 Å². The molecular formula is C21H29N5O. The van der Waals surface area contributed by atoms with Crippen LogP contribution < -0.4 is 0 Å². The Bertz CT molecular complexity index is 802. The normalized spacial score (nSPS) is 26.0. The van der Waals surface area contributed by atoms with E-state index in [-0.39, 0.29) is 17.2 Å². The van der Waals surface area contributed by atoms with Gasteiger partial charge in [0.25, 0.3) is 0 Å². The van der Waals surface area contributed by atoms with E-state index in [0.29, 0.717) is 12.5 Å². The molecular weight excluding hydrogens is 338 g/mol. The Labute approximate surface area is 161 Å². The number of rotatable bonds is 5. The molecule has 6 heteroatoms. The van der Waals surface area contributed by atoms with Crippen LogP contribution in [-0.2, 0) is 18.4 Å². The Morgan fingerprint density at radius 2 is 2.22 bits per heavy atom. The first kappa shape index (κ1) is 18.2. The number of likely N-dealkylation sites (tertiary alicyclic amines) is 2. The fourth-order valence-electron chi connectivity index (χ4n) is 4.84. The van der Waals surface area contributed by atoms with Gasteiger partial charge >= 0.3 is 0 Å². The number of carbonyl (C=O) groups excluding carboxylic acids is 1. The van der Waals surface area contributed by atoms with Crippen LogP contribution in [0.25, 0.3) is 0 Å². The monoisotopic (exact) mass is 367 g/mol. The quantitative estimate of drug-likeness (QED) is 0.814. The number of imidazole rings is 1. The molecule has 27 heavy (non-hydrogen) atoms. The predicted octanol–water partition coefficient (Wildman–Crippen LogP) is 2.29. The number of hydrogen-bond donors (Lipinski definition) is 0. The van der Waals surface area contributed by atoms with Gasteiger partial charge in [0, 0.05) is 64.3 Å². The molecule has 0 saturated carbocycles. The molecule has 0 unspecified atom stereocenters. The summed E-state index contributed by atoms with van der Waals surface area (Å²) in [5, 5.41) is 0. The van der Waals surface area contributed by atoms with Gasteiger partial charge in [-0.2, -0.15) is 0 Å². The highest BCUT2D eigenvalue weighted by Crippen LogP contribution is 2.49. The van der Waals surface area contributed by atoms with Crippen LogP contribution >= 0.6 is 0 Å². The molecule has 2 aliphatic heterocycles. The molecule has 2 aromatic rings. The zero-order valence-electron chi connectivity index (χ0n) is 16.5. The molecule has 1 amide bonds. The van der Waals surface area contributed by atoms with Crippen molar-refractivity contribution in [2.45, 2.75) is 32.7 Å². The van der Waals surface area contributed by atoms with E-state index in [1.807, 2.05) is 41.2 Å². The second-order valence-electron chi connectivity index (χ2n) is 8.60. The summed E-state index contributed by atoms with van der Waals surface area (Å²) in [5.41, 5.74) is 1.81. The standard InChI is InChI=1S/C21H29N5O/c1-16(2)10-25-12-18(19-13-24(3)15-23-19)21(14-25)6-8-26(20(21)27)11-17-5-4-7-22-9-17/h4-5,7,9,13,15-16,18H,6,8,10-12,14H2,1-3H3/t18-,21+/m1/s1. The van der Waals surface area contributed by atoms with Crippen molar-refractivity contribution in [3.05, 3.63) is 48.3 Å². The third-order valence-corrected chi connectivity index (χ3v) is 5.96. The smallest absolute Gasteiger partial charge is 0.231 e. The first-order valence-corrected chi connectivity index (χ1v) is 9.86. The first-order chi connectivity index (χ1) is 13.0. The highest BCUT2D eigenvalue weighted by Gasteiger charge is 2.57. The lowest BCUT2D eigenvalue weighted by molar-refractivity contribution is -0.136. The van der Waals surface area contributed by atoms with Gasteiger partial charge in [-0.1, -0.05) is 19.9 Å². The molecule has 4 rings (SSSR count). The van der Waals surface area contributed by atoms with Gasteiger partial charge in [0.2, 0.25) is 5.91 Å². The highest BCUT2D eigenvalue weighted by molar-refractivity contribution is 5.86. The number of nitrogens with zero attached hydrogens (tertiary/aromatic N) is 5. The molecule has 0 aromatic carbocycles. The van der Waals surface area contributed by atoms with Crippen LogP contribution in [0.1, 0.15) is 37.4 Å². The molecule has 2 saturated heterocycles. The molecule has 2 aliphatic rings. The van der Waals surface area contributed by atoms with Gasteiger partial charge in [0.1, 0.15) is 0 Å². The zero-order chi connectivity index (χ0) is 19.0. The van der Waals surface area contributed by atoms with E-state index < -0.39 is 0 Å². The van der Waals surface area contributed by atoms with Gasteiger partial charge in [-0.3, -0.25) is 9.78 Å². The van der Waals surface area contributed by atoms with E-state index in [2.05, 4.69) is 34.9 Å². The van der Waals surface area contributed by atoms with Gasteiger partial charge in [-0.25, -0.2) is 4.98 Å². The summed E-state index contributed by atoms with van der Waals surface area (Å²) in [5.74, 6) is 1.05. The highest BCUT2D eigenvalue weighted by atomic mass is 16.2. The molecule has 0 radical (unpaired) electrons. The van der Waals surface area contributed by atoms with Crippen LogP contribution in [0.5, 0.6) is 0 Å². The van der Waals surface area contributed by atoms with Crippen molar-refractivity contribution in [2.24, 2.45) is 18.4 Å². The van der Waals surface area contributed by atoms with Gasteiger partial charge in [-0.05, 0) is 24.0 Å². The molecule has 1 spiro atoms. The van der Waals surface area contributed by atoms with Crippen molar-refractivity contribution < 1.29 is 4.79 Å². The Balaban J connectivity index is 1.60. The van der Waals surface area contributed by atoms with Crippen LogP contribution in [0.2, 0.25) is 0 Å². The van der Waals surface area contributed by atoms with Crippen LogP contribution in [0.3, 0.4) is 0 Å². The lowest BCUT2D eigenvalue weighted by Gasteiger charge is -2.28. The first-order valence-electron chi connectivity index (χ1n) is 9.86. The lowest BCUT2D eigenvalue weighted by Crippen LogP contribution is -2.39. The number of hydrogen-bond acceptors (Lipinski definition) is 4. The van der Waals surface area contributed by atoms with E-state index in [1.54, 1.807) is 6.20 Å². The number of carbonyl (C=O) groups is 1. The summed E-state index contributed by atoms with van der Waals surface area (Å²) in [7, 11) is 2.00. The minimum Gasteiger partial charge on any atom is -0.340 e. The molecule has 0 bridgehead atoms. The predicted molar refractivity (Wildman–Crippen MR) is 104 cm³/mol. The van der Waals surface area contributed by atoms with Crippen LogP contribution in [0.4, 0.5) is 0 Å². The molecule has 4 heterocycles. The molecule has 2 aromatic heterocycles. The van der Waals surface area contributed by atoms with E-state index in [4.69, 9.17) is 0 Å². The van der Waals surface area contributed by atoms with E-state index in [1.165, 1.54) is 0 Å². The summed E-state index contributed by atoms with van der Waals surface area (Å²) in [6, 6.07) is 3.98. The third-order valence-electron chi connectivity index (χ3n) is 5.96. The molecule has 0 aliphatic carbocycles. The molecule has 144 valence electrons. The molecule has 2 fully saturated rings. The van der Waals surface area contributed by atoms with Gasteiger partial charge in [-0.15, -0.1) is 0 Å². The van der Waals surface area contributed by atoms with Gasteiger partial charge < -0.3 is 14.4 Å². The van der Waals surface area contributed by atoms with Crippen molar-refractivity contribution in [3.8, 4) is 0 Å². The second-order valence-corrected chi connectivity index (χ2v) is 8.60. The maximum absolute atomic E-state index is 13.6. The Hall–Kier alpha value is -2.21. The fraction of sp³-hybridized carbons (Fsp3) is 0.571. The summed E-state index contributed by atoms with van der Waals surface area (Å²) in [6.45, 7) is 8.73. The van der Waals surface area contributed by atoms with Crippen LogP contribution in [-0.4, -0.2) is 56.4 Å². The van der Waals surface area contributed by atoms with Crippen molar-refractivity contribution in [1.82, 2.24) is 24.3 Å². The summed E-state index contributed by atoms with van der Waals surface area (Å²) >= 11 is 0. The van der Waals surface area contributed by atoms with E-state index in [9.17, 15) is 4.79 Å². The van der Waals surface area contributed by atoms with Crippen LogP contribution in [0, 0.1) is 11.3 Å². The minimum atomic E-state index is -0.342. The maximum atomic E-state index is 13.6. The topological polar surface area (TPSA) is 54.3 Å². The zero-order valence-corrected chi connectivity index (χ0v) is 16.5. The SMILES string of the molecule is CC(C)CN1C[C@H](c2cn(C)cn2)[C@]2(CCN(Cc3cccnc3)C2=O)C1. The Morgan fingerprint density at radius 3 is 2.89 bits per heavy atom. The van der Waals surface area contributed by atoms with Crippen molar-refractivity contribution in [3.63, 3.8) is 0 Å². The molecule has 2 atom stereocenters. The fourth-order valence-corrected chi connectivity index (χ4v) is 4.84. The Kier molecular flexibility index (Phi) is 4.76. The molecule has 6 nitrogen and oxygen atoms in total. The lowest BCUT2D eigenvalue weighted by atomic mass is 9.75. The summed E-state index contributed by atoms with van der Waals surface area (Å²) < 4.78 is 1.99.